The normalized spacial score (nSPS) is 11.3. The third kappa shape index (κ3) is 4.46. The standard InChI is InChI=1S/C17H20ClNO2/c1-20-12-10-19-13-16-15-6-3-2-5-14(15)7-8-17(16)21-11-4-9-18/h2-9,19H,10-13H2,1H3. The fourth-order valence-electron chi connectivity index (χ4n) is 2.20. The molecule has 0 saturated heterocycles. The monoisotopic (exact) mass is 305 g/mol. The quantitative estimate of drug-likeness (QED) is 0.754. The maximum atomic E-state index is 5.80. The summed E-state index contributed by atoms with van der Waals surface area (Å²) in [5.41, 5.74) is 2.63. The molecule has 0 fully saturated rings. The van der Waals surface area contributed by atoms with Gasteiger partial charge in [-0.3, -0.25) is 0 Å². The number of methoxy groups -OCH3 is 1. The molecule has 0 radical (unpaired) electrons. The van der Waals surface area contributed by atoms with Crippen molar-refractivity contribution in [1.82, 2.24) is 5.32 Å². The first kappa shape index (κ1) is 15.8. The minimum atomic E-state index is 0.465. The molecule has 0 atom stereocenters. The van der Waals surface area contributed by atoms with Crippen molar-refractivity contribution in [1.29, 1.82) is 0 Å². The highest BCUT2D eigenvalue weighted by Gasteiger charge is 2.08. The Morgan fingerprint density at radius 1 is 1.19 bits per heavy atom. The molecule has 0 aliphatic carbocycles. The van der Waals surface area contributed by atoms with E-state index in [9.17, 15) is 0 Å². The van der Waals surface area contributed by atoms with Crippen LogP contribution in [0.3, 0.4) is 0 Å². The summed E-state index contributed by atoms with van der Waals surface area (Å²) >= 11 is 5.53. The van der Waals surface area contributed by atoms with E-state index in [1.165, 1.54) is 16.3 Å². The van der Waals surface area contributed by atoms with Crippen LogP contribution in [0.1, 0.15) is 5.56 Å². The van der Waals surface area contributed by atoms with Crippen LogP contribution < -0.4 is 10.1 Å². The number of nitrogens with one attached hydrogen (secondary N) is 1. The van der Waals surface area contributed by atoms with E-state index >= 15 is 0 Å². The summed E-state index contributed by atoms with van der Waals surface area (Å²) in [5.74, 6) is 0.883. The predicted octanol–water partition coefficient (Wildman–Crippen LogP) is 3.71. The third-order valence-electron chi connectivity index (χ3n) is 3.21. The van der Waals surface area contributed by atoms with Gasteiger partial charge in [-0.15, -0.1) is 0 Å². The topological polar surface area (TPSA) is 30.5 Å². The van der Waals surface area contributed by atoms with Gasteiger partial charge in [-0.25, -0.2) is 0 Å². The summed E-state index contributed by atoms with van der Waals surface area (Å²) in [6, 6.07) is 12.4. The summed E-state index contributed by atoms with van der Waals surface area (Å²) in [6.45, 7) is 2.70. The molecule has 0 aliphatic heterocycles. The Hall–Kier alpha value is -1.55. The van der Waals surface area contributed by atoms with E-state index in [1.54, 1.807) is 13.2 Å². The molecule has 0 heterocycles. The average Bonchev–Trinajstić information content (AvgIpc) is 2.53. The maximum Gasteiger partial charge on any atom is 0.124 e. The molecule has 0 aromatic heterocycles. The zero-order chi connectivity index (χ0) is 14.9. The highest BCUT2D eigenvalue weighted by Crippen LogP contribution is 2.28. The number of hydrogen-bond acceptors (Lipinski definition) is 3. The zero-order valence-corrected chi connectivity index (χ0v) is 12.9. The molecule has 0 aliphatic rings. The Morgan fingerprint density at radius 3 is 2.86 bits per heavy atom. The van der Waals surface area contributed by atoms with Crippen LogP contribution in [0.15, 0.2) is 48.0 Å². The van der Waals surface area contributed by atoms with Crippen molar-refractivity contribution in [3.05, 3.63) is 53.6 Å². The van der Waals surface area contributed by atoms with Crippen LogP contribution in [0, 0.1) is 0 Å². The molecule has 3 nitrogen and oxygen atoms in total. The third-order valence-corrected chi connectivity index (χ3v) is 3.38. The van der Waals surface area contributed by atoms with Crippen molar-refractivity contribution in [2.75, 3.05) is 26.9 Å². The summed E-state index contributed by atoms with van der Waals surface area (Å²) in [7, 11) is 1.70. The minimum Gasteiger partial charge on any atom is -0.489 e. The molecular weight excluding hydrogens is 286 g/mol. The molecule has 112 valence electrons. The Kier molecular flexibility index (Phi) is 6.54. The van der Waals surface area contributed by atoms with E-state index in [1.807, 2.05) is 18.2 Å². The van der Waals surface area contributed by atoms with Gasteiger partial charge in [0.25, 0.3) is 0 Å². The Balaban J connectivity index is 2.23. The van der Waals surface area contributed by atoms with Crippen molar-refractivity contribution < 1.29 is 9.47 Å². The van der Waals surface area contributed by atoms with Crippen molar-refractivity contribution in [3.63, 3.8) is 0 Å². The number of benzene rings is 2. The van der Waals surface area contributed by atoms with Crippen LogP contribution in [0.25, 0.3) is 10.8 Å². The minimum absolute atomic E-state index is 0.465. The summed E-state index contributed by atoms with van der Waals surface area (Å²) in [5, 5.41) is 5.79. The molecular formula is C17H20ClNO2. The fourth-order valence-corrected chi connectivity index (χ4v) is 2.27. The van der Waals surface area contributed by atoms with Crippen LogP contribution >= 0.6 is 11.6 Å². The molecule has 0 bridgehead atoms. The van der Waals surface area contributed by atoms with Gasteiger partial charge in [-0.05, 0) is 22.9 Å². The fraction of sp³-hybridized carbons (Fsp3) is 0.294. The average molecular weight is 306 g/mol. The first-order chi connectivity index (χ1) is 10.4. The first-order valence-electron chi connectivity index (χ1n) is 6.95. The lowest BCUT2D eigenvalue weighted by atomic mass is 10.0. The second-order valence-electron chi connectivity index (χ2n) is 4.61. The number of ether oxygens (including phenoxy) is 2. The Bertz CT molecular complexity index is 598. The molecule has 0 spiro atoms. The van der Waals surface area contributed by atoms with E-state index < -0.39 is 0 Å². The van der Waals surface area contributed by atoms with E-state index in [0.717, 1.165) is 24.4 Å². The van der Waals surface area contributed by atoms with Gasteiger partial charge in [0, 0.05) is 31.3 Å². The van der Waals surface area contributed by atoms with Gasteiger partial charge in [0.15, 0.2) is 0 Å². The number of halogens is 1. The van der Waals surface area contributed by atoms with Crippen molar-refractivity contribution in [2.24, 2.45) is 0 Å². The largest absolute Gasteiger partial charge is 0.489 e. The molecule has 2 aromatic rings. The SMILES string of the molecule is COCCNCc1c(OCC=CCl)ccc2ccccc12. The van der Waals surface area contributed by atoms with Crippen LogP contribution in [0.2, 0.25) is 0 Å². The second-order valence-corrected chi connectivity index (χ2v) is 4.86. The van der Waals surface area contributed by atoms with Gasteiger partial charge < -0.3 is 14.8 Å². The highest BCUT2D eigenvalue weighted by molar-refractivity contribution is 6.25. The highest BCUT2D eigenvalue weighted by atomic mass is 35.5. The van der Waals surface area contributed by atoms with Gasteiger partial charge in [-0.1, -0.05) is 41.9 Å². The summed E-state index contributed by atoms with van der Waals surface area (Å²) in [4.78, 5) is 0. The van der Waals surface area contributed by atoms with Crippen molar-refractivity contribution in [2.45, 2.75) is 6.54 Å². The number of rotatable bonds is 8. The molecule has 1 N–H and O–H groups in total. The summed E-state index contributed by atoms with van der Waals surface area (Å²) < 4.78 is 10.9. The Morgan fingerprint density at radius 2 is 2.05 bits per heavy atom. The molecule has 0 unspecified atom stereocenters. The lowest BCUT2D eigenvalue weighted by Crippen LogP contribution is -2.19. The lowest BCUT2D eigenvalue weighted by molar-refractivity contribution is 0.199. The van der Waals surface area contributed by atoms with Crippen LogP contribution in [0.4, 0.5) is 0 Å². The molecule has 0 amide bonds. The molecule has 2 rings (SSSR count). The van der Waals surface area contributed by atoms with Crippen LogP contribution in [0.5, 0.6) is 5.75 Å². The maximum absolute atomic E-state index is 5.80. The van der Waals surface area contributed by atoms with Gasteiger partial charge in [-0.2, -0.15) is 0 Å². The molecule has 4 heteroatoms. The predicted molar refractivity (Wildman–Crippen MR) is 88.0 cm³/mol. The van der Waals surface area contributed by atoms with Gasteiger partial charge in [0.2, 0.25) is 0 Å². The lowest BCUT2D eigenvalue weighted by Gasteiger charge is -2.14. The van der Waals surface area contributed by atoms with E-state index in [4.69, 9.17) is 21.1 Å². The van der Waals surface area contributed by atoms with Crippen LogP contribution in [-0.4, -0.2) is 26.9 Å². The van der Waals surface area contributed by atoms with E-state index in [-0.39, 0.29) is 0 Å². The van der Waals surface area contributed by atoms with E-state index in [2.05, 4.69) is 23.5 Å². The van der Waals surface area contributed by atoms with Crippen molar-refractivity contribution >= 4 is 22.4 Å². The Labute approximate surface area is 130 Å². The van der Waals surface area contributed by atoms with Gasteiger partial charge in [0.05, 0.1) is 6.61 Å². The van der Waals surface area contributed by atoms with Gasteiger partial charge in [0.1, 0.15) is 12.4 Å². The number of fused-ring (bicyclic) bond motifs is 1. The number of hydrogen-bond donors (Lipinski definition) is 1. The molecule has 21 heavy (non-hydrogen) atoms. The van der Waals surface area contributed by atoms with Crippen LogP contribution in [-0.2, 0) is 11.3 Å². The smallest absolute Gasteiger partial charge is 0.124 e. The second kappa shape index (κ2) is 8.67. The van der Waals surface area contributed by atoms with Gasteiger partial charge >= 0.3 is 0 Å². The van der Waals surface area contributed by atoms with E-state index in [0.29, 0.717) is 13.2 Å². The summed E-state index contributed by atoms with van der Waals surface area (Å²) in [6.07, 6.45) is 1.78. The van der Waals surface area contributed by atoms with Crippen molar-refractivity contribution in [3.8, 4) is 5.75 Å². The molecule has 2 aromatic carbocycles. The molecule has 0 saturated carbocycles. The first-order valence-corrected chi connectivity index (χ1v) is 7.38. The zero-order valence-electron chi connectivity index (χ0n) is 12.1.